The van der Waals surface area contributed by atoms with E-state index < -0.39 is 11.8 Å². The summed E-state index contributed by atoms with van der Waals surface area (Å²) < 4.78 is 32.2. The molecule has 0 amide bonds. The molecule has 0 spiro atoms. The van der Waals surface area contributed by atoms with E-state index in [4.69, 9.17) is 4.52 Å². The van der Waals surface area contributed by atoms with Gasteiger partial charge in [0.15, 0.2) is 0 Å². The third-order valence-corrected chi connectivity index (χ3v) is 4.44. The van der Waals surface area contributed by atoms with Gasteiger partial charge >= 0.3 is 0 Å². The first-order chi connectivity index (χ1) is 10.7. The van der Waals surface area contributed by atoms with E-state index in [-0.39, 0.29) is 5.89 Å². The van der Waals surface area contributed by atoms with Gasteiger partial charge in [0.2, 0.25) is 11.7 Å². The van der Waals surface area contributed by atoms with E-state index >= 15 is 0 Å². The van der Waals surface area contributed by atoms with Crippen LogP contribution in [-0.4, -0.2) is 26.5 Å². The molecular weight excluding hydrogens is 290 g/mol. The number of aromatic amines is 1. The molecule has 4 rings (SSSR count). The van der Waals surface area contributed by atoms with Gasteiger partial charge in [0.05, 0.1) is 17.4 Å². The summed E-state index contributed by atoms with van der Waals surface area (Å²) in [5.74, 6) is 0.387. The summed E-state index contributed by atoms with van der Waals surface area (Å²) in [5, 5.41) is 3.90. The van der Waals surface area contributed by atoms with Crippen LogP contribution in [-0.2, 0) is 5.41 Å². The first-order valence-electron chi connectivity index (χ1n) is 7.25. The van der Waals surface area contributed by atoms with Crippen molar-refractivity contribution in [2.75, 3.05) is 0 Å². The molecule has 7 heteroatoms. The van der Waals surface area contributed by atoms with Crippen molar-refractivity contribution in [1.29, 1.82) is 0 Å². The van der Waals surface area contributed by atoms with Gasteiger partial charge in [-0.2, -0.15) is 4.98 Å². The van der Waals surface area contributed by atoms with Gasteiger partial charge in [0.25, 0.3) is 6.43 Å². The van der Waals surface area contributed by atoms with Crippen LogP contribution in [0.4, 0.5) is 8.78 Å². The number of fused-ring (bicyclic) bond motifs is 1. The number of benzene rings is 1. The molecule has 22 heavy (non-hydrogen) atoms. The molecule has 1 N–H and O–H groups in total. The molecule has 0 atom stereocenters. The molecule has 1 aliphatic carbocycles. The second kappa shape index (κ2) is 4.86. The van der Waals surface area contributed by atoms with Crippen molar-refractivity contribution in [2.24, 2.45) is 0 Å². The van der Waals surface area contributed by atoms with Gasteiger partial charge in [-0.3, -0.25) is 0 Å². The van der Waals surface area contributed by atoms with Crippen LogP contribution in [0.1, 0.15) is 31.6 Å². The molecule has 5 nitrogen and oxygen atoms in total. The van der Waals surface area contributed by atoms with Crippen molar-refractivity contribution in [3.8, 4) is 11.4 Å². The standard InChI is InChI=1S/C15H14F2N4O/c16-13(17)15(5-1-2-6-15)14-20-12(21-22-14)9-3-4-10-11(7-9)19-8-18-10/h3-4,7-8,13H,1-2,5-6H2,(H,18,19). The predicted octanol–water partition coefficient (Wildman–Crippen LogP) is 3.69. The number of nitrogens with zero attached hydrogens (tertiary/aromatic N) is 3. The van der Waals surface area contributed by atoms with Gasteiger partial charge in [0.1, 0.15) is 5.41 Å². The molecule has 0 saturated heterocycles. The summed E-state index contributed by atoms with van der Waals surface area (Å²) in [6.45, 7) is 0. The van der Waals surface area contributed by atoms with Crippen LogP contribution in [0.15, 0.2) is 29.0 Å². The molecule has 3 aromatic rings. The number of alkyl halides is 2. The molecule has 0 aliphatic heterocycles. The number of H-pyrrole nitrogens is 1. The normalized spacial score (nSPS) is 17.6. The summed E-state index contributed by atoms with van der Waals surface area (Å²) in [6.07, 6.45) is 1.43. The largest absolute Gasteiger partial charge is 0.345 e. The fourth-order valence-electron chi connectivity index (χ4n) is 3.15. The highest BCUT2D eigenvalue weighted by Gasteiger charge is 2.48. The molecule has 1 saturated carbocycles. The highest BCUT2D eigenvalue weighted by Crippen LogP contribution is 2.45. The fraction of sp³-hybridized carbons (Fsp3) is 0.400. The first kappa shape index (κ1) is 13.4. The van der Waals surface area contributed by atoms with E-state index in [0.29, 0.717) is 24.2 Å². The lowest BCUT2D eigenvalue weighted by atomic mass is 9.86. The minimum absolute atomic E-state index is 0.0553. The van der Waals surface area contributed by atoms with Crippen LogP contribution < -0.4 is 0 Å². The van der Waals surface area contributed by atoms with Crippen molar-refractivity contribution in [3.05, 3.63) is 30.4 Å². The van der Waals surface area contributed by atoms with Crippen LogP contribution in [0.2, 0.25) is 0 Å². The zero-order chi connectivity index (χ0) is 15.2. The fourth-order valence-corrected chi connectivity index (χ4v) is 3.15. The molecule has 1 aliphatic rings. The highest BCUT2D eigenvalue weighted by atomic mass is 19.3. The van der Waals surface area contributed by atoms with Crippen LogP contribution in [0, 0.1) is 0 Å². The third kappa shape index (κ3) is 1.92. The van der Waals surface area contributed by atoms with Gasteiger partial charge in [-0.25, -0.2) is 13.8 Å². The molecule has 0 radical (unpaired) electrons. The Morgan fingerprint density at radius 1 is 1.23 bits per heavy atom. The Morgan fingerprint density at radius 3 is 2.82 bits per heavy atom. The van der Waals surface area contributed by atoms with Gasteiger partial charge in [-0.1, -0.05) is 18.0 Å². The van der Waals surface area contributed by atoms with E-state index in [1.54, 1.807) is 6.33 Å². The summed E-state index contributed by atoms with van der Waals surface area (Å²) in [7, 11) is 0. The summed E-state index contributed by atoms with van der Waals surface area (Å²) in [4.78, 5) is 11.4. The van der Waals surface area contributed by atoms with E-state index in [9.17, 15) is 8.78 Å². The lowest BCUT2D eigenvalue weighted by Crippen LogP contribution is -2.31. The molecule has 2 heterocycles. The van der Waals surface area contributed by atoms with Crippen molar-refractivity contribution >= 4 is 11.0 Å². The predicted molar refractivity (Wildman–Crippen MR) is 75.5 cm³/mol. The van der Waals surface area contributed by atoms with E-state index in [0.717, 1.165) is 23.9 Å². The number of imidazole rings is 1. The minimum Gasteiger partial charge on any atom is -0.345 e. The SMILES string of the molecule is FC(F)C1(c2nc(-c3ccc4nc[nH]c4c3)no2)CCCC1. The van der Waals surface area contributed by atoms with Crippen molar-refractivity contribution in [1.82, 2.24) is 20.1 Å². The zero-order valence-corrected chi connectivity index (χ0v) is 11.7. The maximum atomic E-state index is 13.5. The molecule has 1 aromatic carbocycles. The summed E-state index contributed by atoms with van der Waals surface area (Å²) >= 11 is 0. The van der Waals surface area contributed by atoms with E-state index in [2.05, 4.69) is 20.1 Å². The Hall–Kier alpha value is -2.31. The van der Waals surface area contributed by atoms with Gasteiger partial charge in [-0.15, -0.1) is 0 Å². The lowest BCUT2D eigenvalue weighted by molar-refractivity contribution is 0.0328. The monoisotopic (exact) mass is 304 g/mol. The molecule has 0 bridgehead atoms. The number of rotatable bonds is 3. The molecule has 2 aromatic heterocycles. The number of hydrogen-bond donors (Lipinski definition) is 1. The lowest BCUT2D eigenvalue weighted by Gasteiger charge is -2.22. The Kier molecular flexibility index (Phi) is 2.95. The maximum Gasteiger partial charge on any atom is 0.252 e. The quantitative estimate of drug-likeness (QED) is 0.801. The average molecular weight is 304 g/mol. The van der Waals surface area contributed by atoms with Gasteiger partial charge in [-0.05, 0) is 31.0 Å². The maximum absolute atomic E-state index is 13.5. The smallest absolute Gasteiger partial charge is 0.252 e. The number of halogens is 2. The number of aromatic nitrogens is 4. The Labute approximate surface area is 124 Å². The zero-order valence-electron chi connectivity index (χ0n) is 11.7. The topological polar surface area (TPSA) is 67.6 Å². The summed E-state index contributed by atoms with van der Waals surface area (Å²) in [5.41, 5.74) is 1.11. The molecular formula is C15H14F2N4O. The average Bonchev–Trinajstić information content (AvgIpc) is 3.25. The third-order valence-electron chi connectivity index (χ3n) is 4.44. The van der Waals surface area contributed by atoms with Crippen molar-refractivity contribution in [3.63, 3.8) is 0 Å². The number of nitrogens with one attached hydrogen (secondary N) is 1. The summed E-state index contributed by atoms with van der Waals surface area (Å²) in [6, 6.07) is 5.47. The highest BCUT2D eigenvalue weighted by molar-refractivity contribution is 5.79. The molecule has 0 unspecified atom stereocenters. The van der Waals surface area contributed by atoms with Crippen molar-refractivity contribution in [2.45, 2.75) is 37.5 Å². The number of hydrogen-bond acceptors (Lipinski definition) is 4. The van der Waals surface area contributed by atoms with Crippen molar-refractivity contribution < 1.29 is 13.3 Å². The molecule has 1 fully saturated rings. The van der Waals surface area contributed by atoms with Crippen LogP contribution >= 0.6 is 0 Å². The Morgan fingerprint density at radius 2 is 2.05 bits per heavy atom. The van der Waals surface area contributed by atoms with Crippen LogP contribution in [0.3, 0.4) is 0 Å². The Balaban J connectivity index is 1.74. The minimum atomic E-state index is -2.49. The molecule has 114 valence electrons. The van der Waals surface area contributed by atoms with Crippen LogP contribution in [0.25, 0.3) is 22.4 Å². The van der Waals surface area contributed by atoms with E-state index in [1.807, 2.05) is 18.2 Å². The van der Waals surface area contributed by atoms with Gasteiger partial charge < -0.3 is 9.51 Å². The second-order valence-electron chi connectivity index (χ2n) is 5.72. The van der Waals surface area contributed by atoms with E-state index in [1.165, 1.54) is 0 Å². The second-order valence-corrected chi connectivity index (χ2v) is 5.72. The Bertz CT molecular complexity index is 805. The first-order valence-corrected chi connectivity index (χ1v) is 7.25. The van der Waals surface area contributed by atoms with Crippen LogP contribution in [0.5, 0.6) is 0 Å². The van der Waals surface area contributed by atoms with Gasteiger partial charge in [0, 0.05) is 5.56 Å².